The summed E-state index contributed by atoms with van der Waals surface area (Å²) in [6.07, 6.45) is 1.90. The number of hydrogen-bond donors (Lipinski definition) is 3. The van der Waals surface area contributed by atoms with Crippen molar-refractivity contribution in [3.05, 3.63) is 54.1 Å². The minimum absolute atomic E-state index is 0.00220. The molecular weight excluding hydrogens is 417 g/mol. The molecule has 1 aliphatic rings. The molecule has 0 aliphatic carbocycles. The molecule has 6 nitrogen and oxygen atoms in total. The van der Waals surface area contributed by atoms with Gasteiger partial charge < -0.3 is 24.8 Å². The zero-order chi connectivity index (χ0) is 22.9. The molecule has 3 N–H and O–H groups in total. The van der Waals surface area contributed by atoms with Gasteiger partial charge in [-0.1, -0.05) is 30.4 Å². The number of aliphatic carboxylic acids is 1. The molecular formula is C22H27F3O6. The quantitative estimate of drug-likeness (QED) is 0.452. The Labute approximate surface area is 178 Å². The maximum absolute atomic E-state index is 12.7. The van der Waals surface area contributed by atoms with E-state index < -0.39 is 36.0 Å². The van der Waals surface area contributed by atoms with Gasteiger partial charge in [-0.2, -0.15) is 13.2 Å². The first-order valence-corrected chi connectivity index (χ1v) is 9.99. The number of hydrogen-bond acceptors (Lipinski definition) is 5. The Morgan fingerprint density at radius 3 is 2.74 bits per heavy atom. The second kappa shape index (κ2) is 11.9. The first-order chi connectivity index (χ1) is 14.7. The van der Waals surface area contributed by atoms with Crippen molar-refractivity contribution in [3.63, 3.8) is 0 Å². The third-order valence-corrected chi connectivity index (χ3v) is 4.84. The molecule has 172 valence electrons. The van der Waals surface area contributed by atoms with E-state index in [1.165, 1.54) is 18.2 Å². The van der Waals surface area contributed by atoms with Gasteiger partial charge in [-0.3, -0.25) is 4.79 Å². The van der Waals surface area contributed by atoms with Crippen molar-refractivity contribution in [3.8, 4) is 5.75 Å². The van der Waals surface area contributed by atoms with Gasteiger partial charge >= 0.3 is 12.1 Å². The molecule has 9 heteroatoms. The lowest BCUT2D eigenvalue weighted by Gasteiger charge is -2.17. The van der Waals surface area contributed by atoms with Gasteiger partial charge in [-0.15, -0.1) is 0 Å². The van der Waals surface area contributed by atoms with Crippen LogP contribution in [0, 0.1) is 5.92 Å². The van der Waals surface area contributed by atoms with Crippen molar-refractivity contribution in [2.45, 2.75) is 50.2 Å². The SMILES string of the molecule is O=C(O)CCC=CCC[C@H]1[C@@H](O)CO[C@@H]1C=C[C@@H](O)COc1cccc(C(F)(F)F)c1. The Kier molecular flexibility index (Phi) is 9.54. The Morgan fingerprint density at radius 1 is 1.29 bits per heavy atom. The standard InChI is InChI=1S/C22H27F3O6/c23-22(24,25)15-6-5-7-17(12-15)30-13-16(26)10-11-20-18(19(27)14-31-20)8-3-1-2-4-9-21(28)29/h1-2,5-7,10-12,16,18-20,26-27H,3-4,8-9,13-14H2,(H,28,29)/t16-,18+,19+,20-/m1/s1. The predicted molar refractivity (Wildman–Crippen MR) is 107 cm³/mol. The smallest absolute Gasteiger partial charge is 0.416 e. The molecule has 1 aromatic rings. The number of alkyl halides is 3. The minimum Gasteiger partial charge on any atom is -0.491 e. The summed E-state index contributed by atoms with van der Waals surface area (Å²) in [5.74, 6) is -1.04. The molecule has 1 aliphatic heterocycles. The molecule has 2 rings (SSSR count). The fourth-order valence-corrected chi connectivity index (χ4v) is 3.20. The summed E-state index contributed by atoms with van der Waals surface area (Å²) < 4.78 is 49.0. The molecule has 0 saturated carbocycles. The number of rotatable bonds is 11. The monoisotopic (exact) mass is 444 g/mol. The molecule has 0 radical (unpaired) electrons. The van der Waals surface area contributed by atoms with Crippen molar-refractivity contribution in [1.29, 1.82) is 0 Å². The van der Waals surface area contributed by atoms with Crippen molar-refractivity contribution in [2.75, 3.05) is 13.2 Å². The van der Waals surface area contributed by atoms with Crippen LogP contribution in [0.5, 0.6) is 5.75 Å². The molecule has 1 fully saturated rings. The maximum Gasteiger partial charge on any atom is 0.416 e. The third kappa shape index (κ3) is 8.72. The first kappa shape index (κ1) is 24.9. The number of ether oxygens (including phenoxy) is 2. The van der Waals surface area contributed by atoms with Gasteiger partial charge in [0.2, 0.25) is 0 Å². The predicted octanol–water partition coefficient (Wildman–Crippen LogP) is 3.58. The van der Waals surface area contributed by atoms with E-state index in [1.807, 2.05) is 6.08 Å². The summed E-state index contributed by atoms with van der Waals surface area (Å²) in [4.78, 5) is 10.5. The molecule has 0 amide bonds. The Balaban J connectivity index is 1.80. The van der Waals surface area contributed by atoms with E-state index in [9.17, 15) is 28.2 Å². The van der Waals surface area contributed by atoms with Crippen molar-refractivity contribution >= 4 is 5.97 Å². The van der Waals surface area contributed by atoms with E-state index in [4.69, 9.17) is 14.6 Å². The fraction of sp³-hybridized carbons (Fsp3) is 0.500. The number of carboxylic acid groups (broad SMARTS) is 1. The van der Waals surface area contributed by atoms with Crippen LogP contribution in [-0.4, -0.2) is 52.8 Å². The Bertz CT molecular complexity index is 762. The van der Waals surface area contributed by atoms with Crippen LogP contribution in [-0.2, 0) is 15.7 Å². The second-order valence-corrected chi connectivity index (χ2v) is 7.30. The summed E-state index contributed by atoms with van der Waals surface area (Å²) in [7, 11) is 0. The van der Waals surface area contributed by atoms with Gasteiger partial charge in [0.05, 0.1) is 24.4 Å². The number of benzene rings is 1. The molecule has 31 heavy (non-hydrogen) atoms. The van der Waals surface area contributed by atoms with E-state index in [1.54, 1.807) is 12.2 Å². The zero-order valence-electron chi connectivity index (χ0n) is 16.9. The summed E-state index contributed by atoms with van der Waals surface area (Å²) in [6, 6.07) is 4.41. The Hall–Kier alpha value is -2.36. The molecule has 1 saturated heterocycles. The lowest BCUT2D eigenvalue weighted by Crippen LogP contribution is -2.23. The average Bonchev–Trinajstić information content (AvgIpc) is 3.06. The van der Waals surface area contributed by atoms with E-state index in [0.717, 1.165) is 12.1 Å². The number of allylic oxidation sites excluding steroid dienone is 2. The number of carbonyl (C=O) groups is 1. The molecule has 1 heterocycles. The summed E-state index contributed by atoms with van der Waals surface area (Å²) in [6.45, 7) is -0.0662. The summed E-state index contributed by atoms with van der Waals surface area (Å²) in [5.41, 5.74) is -0.830. The van der Waals surface area contributed by atoms with Gasteiger partial charge in [0.1, 0.15) is 18.5 Å². The largest absolute Gasteiger partial charge is 0.491 e. The highest BCUT2D eigenvalue weighted by molar-refractivity contribution is 5.66. The molecule has 0 unspecified atom stereocenters. The molecule has 0 bridgehead atoms. The highest BCUT2D eigenvalue weighted by Gasteiger charge is 2.34. The van der Waals surface area contributed by atoms with Crippen LogP contribution >= 0.6 is 0 Å². The van der Waals surface area contributed by atoms with Crippen LogP contribution in [0.1, 0.15) is 31.2 Å². The lowest BCUT2D eigenvalue weighted by molar-refractivity contribution is -0.138. The van der Waals surface area contributed by atoms with E-state index in [-0.39, 0.29) is 31.3 Å². The number of carboxylic acids is 1. The second-order valence-electron chi connectivity index (χ2n) is 7.30. The van der Waals surface area contributed by atoms with Gasteiger partial charge in [-0.05, 0) is 37.5 Å². The highest BCUT2D eigenvalue weighted by Crippen LogP contribution is 2.31. The normalized spacial score (nSPS) is 22.9. The van der Waals surface area contributed by atoms with Crippen molar-refractivity contribution in [1.82, 2.24) is 0 Å². The number of aliphatic hydroxyl groups is 2. The fourth-order valence-electron chi connectivity index (χ4n) is 3.20. The van der Waals surface area contributed by atoms with Crippen LogP contribution in [0.25, 0.3) is 0 Å². The molecule has 1 aromatic carbocycles. The van der Waals surface area contributed by atoms with Gasteiger partial charge in [0, 0.05) is 12.3 Å². The topological polar surface area (TPSA) is 96.2 Å². The van der Waals surface area contributed by atoms with Crippen molar-refractivity contribution in [2.24, 2.45) is 5.92 Å². The van der Waals surface area contributed by atoms with Gasteiger partial charge in [0.15, 0.2) is 0 Å². The van der Waals surface area contributed by atoms with Crippen LogP contribution < -0.4 is 4.74 Å². The average molecular weight is 444 g/mol. The third-order valence-electron chi connectivity index (χ3n) is 4.84. The van der Waals surface area contributed by atoms with Crippen LogP contribution in [0.4, 0.5) is 13.2 Å². The first-order valence-electron chi connectivity index (χ1n) is 9.99. The molecule has 0 spiro atoms. The van der Waals surface area contributed by atoms with Gasteiger partial charge in [0.25, 0.3) is 0 Å². The van der Waals surface area contributed by atoms with Crippen LogP contribution in [0.3, 0.4) is 0 Å². The van der Waals surface area contributed by atoms with Gasteiger partial charge in [-0.25, -0.2) is 0 Å². The van der Waals surface area contributed by atoms with E-state index >= 15 is 0 Å². The maximum atomic E-state index is 12.7. The molecule has 0 aromatic heterocycles. The summed E-state index contributed by atoms with van der Waals surface area (Å²) in [5, 5.41) is 28.8. The number of aliphatic hydroxyl groups excluding tert-OH is 2. The van der Waals surface area contributed by atoms with Crippen molar-refractivity contribution < 1.29 is 42.8 Å². The van der Waals surface area contributed by atoms with Crippen LogP contribution in [0.15, 0.2) is 48.6 Å². The number of halogens is 3. The van der Waals surface area contributed by atoms with E-state index in [0.29, 0.717) is 19.3 Å². The highest BCUT2D eigenvalue weighted by atomic mass is 19.4. The Morgan fingerprint density at radius 2 is 2.03 bits per heavy atom. The lowest BCUT2D eigenvalue weighted by atomic mass is 9.93. The van der Waals surface area contributed by atoms with E-state index in [2.05, 4.69) is 0 Å². The summed E-state index contributed by atoms with van der Waals surface area (Å²) >= 11 is 0. The minimum atomic E-state index is -4.47. The van der Waals surface area contributed by atoms with Crippen LogP contribution in [0.2, 0.25) is 0 Å². The molecule has 4 atom stereocenters. The zero-order valence-corrected chi connectivity index (χ0v) is 16.9.